The van der Waals surface area contributed by atoms with E-state index in [0.29, 0.717) is 0 Å². The maximum atomic E-state index is 11.2. The smallest absolute Gasteiger partial charge is 0.323 e. The minimum absolute atomic E-state index is 0.320. The molecule has 1 amide bonds. The van der Waals surface area contributed by atoms with Crippen LogP contribution in [0.4, 0.5) is 0 Å². The first-order valence-electron chi connectivity index (χ1n) is 3.51. The first-order chi connectivity index (χ1) is 5.25. The van der Waals surface area contributed by atoms with Gasteiger partial charge in [0.05, 0.1) is 5.54 Å². The average Bonchev–Trinajstić information content (AvgIpc) is 1.82. The predicted octanol–water partition coefficient (Wildman–Crippen LogP) is -0.733. The molecule has 0 bridgehead atoms. The van der Waals surface area contributed by atoms with Crippen LogP contribution in [0.5, 0.6) is 0 Å². The zero-order valence-corrected chi connectivity index (χ0v) is 7.50. The van der Waals surface area contributed by atoms with E-state index in [4.69, 9.17) is 10.8 Å². The van der Waals surface area contributed by atoms with Crippen molar-refractivity contribution in [1.29, 1.82) is 0 Å². The lowest BCUT2D eigenvalue weighted by Crippen LogP contribution is -2.50. The Balaban J connectivity index is 4.21. The van der Waals surface area contributed by atoms with Gasteiger partial charge in [-0.2, -0.15) is 0 Å². The number of carboxylic acids is 1. The van der Waals surface area contributed by atoms with Gasteiger partial charge in [-0.1, -0.05) is 0 Å². The van der Waals surface area contributed by atoms with Crippen molar-refractivity contribution in [2.75, 3.05) is 13.6 Å². The van der Waals surface area contributed by atoms with E-state index in [1.807, 2.05) is 0 Å². The number of hydrogen-bond acceptors (Lipinski definition) is 3. The Morgan fingerprint density at radius 2 is 1.92 bits per heavy atom. The van der Waals surface area contributed by atoms with Crippen LogP contribution < -0.4 is 5.73 Å². The van der Waals surface area contributed by atoms with Crippen LogP contribution in [0.1, 0.15) is 13.8 Å². The third kappa shape index (κ3) is 3.34. The van der Waals surface area contributed by atoms with Crippen molar-refractivity contribution in [3.63, 3.8) is 0 Å². The molecule has 0 atom stereocenters. The quantitative estimate of drug-likeness (QED) is 0.590. The zero-order valence-electron chi connectivity index (χ0n) is 7.50. The number of carboxylic acid groups (broad SMARTS) is 1. The highest BCUT2D eigenvalue weighted by molar-refractivity contribution is 5.87. The summed E-state index contributed by atoms with van der Waals surface area (Å²) in [6.07, 6.45) is 0. The topological polar surface area (TPSA) is 83.6 Å². The van der Waals surface area contributed by atoms with Gasteiger partial charge >= 0.3 is 5.97 Å². The van der Waals surface area contributed by atoms with E-state index < -0.39 is 11.5 Å². The van der Waals surface area contributed by atoms with Gasteiger partial charge in [-0.15, -0.1) is 0 Å². The lowest BCUT2D eigenvalue weighted by molar-refractivity contribution is -0.145. The standard InChI is InChI=1S/C7H14N2O3/c1-7(2,8)6(12)9(3)4-5(10)11/h4,8H2,1-3H3,(H,10,11). The summed E-state index contributed by atoms with van der Waals surface area (Å²) in [5, 5.41) is 8.36. The normalized spacial score (nSPS) is 11.0. The first-order valence-corrected chi connectivity index (χ1v) is 3.51. The second-order valence-corrected chi connectivity index (χ2v) is 3.28. The lowest BCUT2D eigenvalue weighted by atomic mass is 10.1. The van der Waals surface area contributed by atoms with Gasteiger partial charge in [0.15, 0.2) is 0 Å². The number of amides is 1. The van der Waals surface area contributed by atoms with Crippen LogP contribution in [-0.4, -0.2) is 41.0 Å². The summed E-state index contributed by atoms with van der Waals surface area (Å²) in [6, 6.07) is 0. The third-order valence-corrected chi connectivity index (χ3v) is 1.27. The van der Waals surface area contributed by atoms with Gasteiger partial charge in [-0.3, -0.25) is 9.59 Å². The zero-order chi connectivity index (χ0) is 9.94. The Morgan fingerprint density at radius 3 is 2.17 bits per heavy atom. The number of nitrogens with zero attached hydrogens (tertiary/aromatic N) is 1. The highest BCUT2D eigenvalue weighted by Crippen LogP contribution is 2.01. The van der Waals surface area contributed by atoms with Crippen molar-refractivity contribution in [2.24, 2.45) is 5.73 Å². The summed E-state index contributed by atoms with van der Waals surface area (Å²) in [5.41, 5.74) is 4.46. The van der Waals surface area contributed by atoms with Gasteiger partial charge in [-0.05, 0) is 13.8 Å². The van der Waals surface area contributed by atoms with Gasteiger partial charge in [-0.25, -0.2) is 0 Å². The molecule has 0 saturated carbocycles. The Labute approximate surface area is 71.1 Å². The van der Waals surface area contributed by atoms with Crippen molar-refractivity contribution in [3.8, 4) is 0 Å². The minimum atomic E-state index is -1.05. The molecule has 0 aromatic heterocycles. The molecule has 0 radical (unpaired) electrons. The molecular weight excluding hydrogens is 160 g/mol. The van der Waals surface area contributed by atoms with Crippen LogP contribution in [0.25, 0.3) is 0 Å². The van der Waals surface area contributed by atoms with E-state index in [-0.39, 0.29) is 12.5 Å². The van der Waals surface area contributed by atoms with E-state index in [9.17, 15) is 9.59 Å². The molecule has 5 nitrogen and oxygen atoms in total. The Hall–Kier alpha value is -1.10. The second-order valence-electron chi connectivity index (χ2n) is 3.28. The van der Waals surface area contributed by atoms with E-state index in [2.05, 4.69) is 0 Å². The Kier molecular flexibility index (Phi) is 3.21. The lowest BCUT2D eigenvalue weighted by Gasteiger charge is -2.24. The van der Waals surface area contributed by atoms with Crippen molar-refractivity contribution in [2.45, 2.75) is 19.4 Å². The van der Waals surface area contributed by atoms with E-state index in [1.54, 1.807) is 0 Å². The van der Waals surface area contributed by atoms with E-state index >= 15 is 0 Å². The summed E-state index contributed by atoms with van der Waals surface area (Å²) in [7, 11) is 1.41. The van der Waals surface area contributed by atoms with Gasteiger partial charge in [0.2, 0.25) is 5.91 Å². The first kappa shape index (κ1) is 10.9. The van der Waals surface area contributed by atoms with Crippen molar-refractivity contribution in [3.05, 3.63) is 0 Å². The molecule has 12 heavy (non-hydrogen) atoms. The number of hydrogen-bond donors (Lipinski definition) is 2. The summed E-state index contributed by atoms with van der Waals surface area (Å²) >= 11 is 0. The summed E-state index contributed by atoms with van der Waals surface area (Å²) in [6.45, 7) is 2.75. The van der Waals surface area contributed by atoms with Crippen molar-refractivity contribution in [1.82, 2.24) is 4.90 Å². The number of nitrogens with two attached hydrogens (primary N) is 1. The minimum Gasteiger partial charge on any atom is -0.480 e. The number of aliphatic carboxylic acids is 1. The molecule has 0 aromatic rings. The number of carbonyl (C=O) groups excluding carboxylic acids is 1. The molecule has 70 valence electrons. The molecule has 0 unspecified atom stereocenters. The highest BCUT2D eigenvalue weighted by atomic mass is 16.4. The fourth-order valence-corrected chi connectivity index (χ4v) is 0.767. The molecule has 0 saturated heterocycles. The summed E-state index contributed by atoms with van der Waals surface area (Å²) < 4.78 is 0. The second kappa shape index (κ2) is 3.53. The van der Waals surface area contributed by atoms with Crippen LogP contribution in [0.3, 0.4) is 0 Å². The fraction of sp³-hybridized carbons (Fsp3) is 0.714. The molecule has 3 N–H and O–H groups in total. The molecule has 0 heterocycles. The van der Waals surface area contributed by atoms with Crippen LogP contribution in [-0.2, 0) is 9.59 Å². The van der Waals surface area contributed by atoms with Gasteiger partial charge in [0.1, 0.15) is 6.54 Å². The Bertz CT molecular complexity index is 195. The number of carbonyl (C=O) groups is 2. The molecule has 0 aliphatic rings. The van der Waals surface area contributed by atoms with Crippen LogP contribution in [0.2, 0.25) is 0 Å². The SMILES string of the molecule is CN(CC(=O)O)C(=O)C(C)(C)N. The highest BCUT2D eigenvalue weighted by Gasteiger charge is 2.26. The van der Waals surface area contributed by atoms with Gasteiger partial charge in [0, 0.05) is 7.05 Å². The molecule has 0 spiro atoms. The van der Waals surface area contributed by atoms with Crippen LogP contribution >= 0.6 is 0 Å². The summed E-state index contributed by atoms with van der Waals surface area (Å²) in [4.78, 5) is 22.5. The molecule has 0 fully saturated rings. The summed E-state index contributed by atoms with van der Waals surface area (Å²) in [5.74, 6) is -1.43. The monoisotopic (exact) mass is 174 g/mol. The maximum Gasteiger partial charge on any atom is 0.323 e. The number of likely N-dealkylation sites (N-methyl/N-ethyl adjacent to an activating group) is 1. The molecule has 5 heteroatoms. The molecule has 0 aliphatic heterocycles. The predicted molar refractivity (Wildman–Crippen MR) is 43.5 cm³/mol. The van der Waals surface area contributed by atoms with Crippen molar-refractivity contribution >= 4 is 11.9 Å². The fourth-order valence-electron chi connectivity index (χ4n) is 0.767. The number of rotatable bonds is 3. The van der Waals surface area contributed by atoms with Crippen LogP contribution in [0.15, 0.2) is 0 Å². The molecule has 0 aliphatic carbocycles. The van der Waals surface area contributed by atoms with E-state index in [1.165, 1.54) is 20.9 Å². The van der Waals surface area contributed by atoms with Gasteiger partial charge < -0.3 is 15.7 Å². The van der Waals surface area contributed by atoms with Crippen molar-refractivity contribution < 1.29 is 14.7 Å². The third-order valence-electron chi connectivity index (χ3n) is 1.27. The van der Waals surface area contributed by atoms with Crippen LogP contribution in [0, 0.1) is 0 Å². The largest absolute Gasteiger partial charge is 0.480 e. The Morgan fingerprint density at radius 1 is 1.50 bits per heavy atom. The maximum absolute atomic E-state index is 11.2. The molecular formula is C7H14N2O3. The average molecular weight is 174 g/mol. The van der Waals surface area contributed by atoms with E-state index in [0.717, 1.165) is 4.90 Å². The molecule has 0 rings (SSSR count). The van der Waals surface area contributed by atoms with Gasteiger partial charge in [0.25, 0.3) is 0 Å². The molecule has 0 aromatic carbocycles.